The Morgan fingerprint density at radius 2 is 1.36 bits per heavy atom. The van der Waals surface area contributed by atoms with Gasteiger partial charge in [0.15, 0.2) is 23.5 Å². The fraction of sp³-hybridized carbons (Fsp3) is 0.645. The van der Waals surface area contributed by atoms with Gasteiger partial charge in [-0.1, -0.05) is 52.0 Å². The maximum Gasteiger partial charge on any atom is 0.231 e. The zero-order valence-electron chi connectivity index (χ0n) is 26.8. The van der Waals surface area contributed by atoms with E-state index in [0.717, 1.165) is 30.1 Å². The van der Waals surface area contributed by atoms with E-state index in [1.54, 1.807) is 12.1 Å². The summed E-state index contributed by atoms with van der Waals surface area (Å²) in [6.07, 6.45) is 10.5. The van der Waals surface area contributed by atoms with Crippen molar-refractivity contribution in [1.29, 1.82) is 0 Å². The highest BCUT2D eigenvalue weighted by atomic mass is 32.2. The third kappa shape index (κ3) is 31.4. The number of benzene rings is 1. The van der Waals surface area contributed by atoms with E-state index < -0.39 is 10.8 Å². The van der Waals surface area contributed by atoms with Crippen molar-refractivity contribution < 1.29 is 58.6 Å². The number of rotatable bonds is 15. The number of hydrogen-bond acceptors (Lipinski definition) is 13. The largest absolute Gasteiger partial charge is 0.462 e. The molecule has 0 fully saturated rings. The summed E-state index contributed by atoms with van der Waals surface area (Å²) in [5, 5.41) is 53.7. The van der Waals surface area contributed by atoms with Gasteiger partial charge in [-0.25, -0.2) is 0 Å². The first kappa shape index (κ1) is 47.0. The normalized spacial score (nSPS) is 11.7. The molecular weight excluding hydrogens is 610 g/mol. The smallest absolute Gasteiger partial charge is 0.231 e. The van der Waals surface area contributed by atoms with Crippen molar-refractivity contribution in [2.75, 3.05) is 65.3 Å². The molecule has 1 aliphatic rings. The summed E-state index contributed by atoms with van der Waals surface area (Å²) in [6.45, 7) is 4.34. The fourth-order valence-corrected chi connectivity index (χ4v) is 4.35. The van der Waals surface area contributed by atoms with Crippen LogP contribution in [0.4, 0.5) is 0 Å². The molecule has 13 nitrogen and oxygen atoms in total. The first-order chi connectivity index (χ1) is 21.8. The second-order valence-corrected chi connectivity index (χ2v) is 11.0. The lowest BCUT2D eigenvalue weighted by molar-refractivity contribution is 0.110. The number of unbranched alkanes of at least 4 members (excludes halogenated alkanes) is 5. The molecule has 3 rings (SSSR count). The molecule has 1 aromatic carbocycles. The summed E-state index contributed by atoms with van der Waals surface area (Å²) < 4.78 is 27.7. The van der Waals surface area contributed by atoms with Crippen molar-refractivity contribution in [3.63, 3.8) is 0 Å². The van der Waals surface area contributed by atoms with E-state index in [9.17, 15) is 9.00 Å². The van der Waals surface area contributed by atoms with Crippen LogP contribution >= 0.6 is 0 Å². The lowest BCUT2D eigenvalue weighted by atomic mass is 10.1. The van der Waals surface area contributed by atoms with E-state index >= 15 is 0 Å². The molecule has 2 heterocycles. The summed E-state index contributed by atoms with van der Waals surface area (Å²) in [6, 6.07) is 9.28. The molecule has 264 valence electrons. The highest BCUT2D eigenvalue weighted by molar-refractivity contribution is 7.85. The molecule has 2 atom stereocenters. The van der Waals surface area contributed by atoms with Crippen LogP contribution in [-0.2, 0) is 17.2 Å². The molecule has 0 radical (unpaired) electrons. The van der Waals surface area contributed by atoms with Crippen molar-refractivity contribution in [2.45, 2.75) is 64.0 Å². The van der Waals surface area contributed by atoms with Crippen LogP contribution in [0.1, 0.15) is 68.5 Å². The maximum atomic E-state index is 12.3. The summed E-state index contributed by atoms with van der Waals surface area (Å²) >= 11 is 0. The standard InChI is InChI=1S/C18H28O3S.C5H4O2.C2H7NO.3C2H6O2/c1-3-4-5-6-7-8-11-22(19)15(2)12-16-9-10-17-18(13-16)21-14-20-17;6-4-5-2-1-3-7-5;4*3-1-2-4/h9-10,13,15H,3-8,11-12,14H2,1-2H3;1-4H;4H,1-3H2;3*3-4H,1-2H2. The number of fused-ring (bicyclic) bond motifs is 1. The van der Waals surface area contributed by atoms with E-state index in [2.05, 4.69) is 18.3 Å². The average molecular weight is 668 g/mol. The van der Waals surface area contributed by atoms with Crippen molar-refractivity contribution in [2.24, 2.45) is 5.73 Å². The van der Waals surface area contributed by atoms with Gasteiger partial charge in [0.05, 0.1) is 52.5 Å². The summed E-state index contributed by atoms with van der Waals surface area (Å²) in [5.41, 5.74) is 5.95. The van der Waals surface area contributed by atoms with Gasteiger partial charge in [-0.05, 0) is 42.7 Å². The van der Waals surface area contributed by atoms with Crippen LogP contribution in [0.2, 0.25) is 0 Å². The Morgan fingerprint density at radius 3 is 1.80 bits per heavy atom. The Hall–Kier alpha value is -2.40. The van der Waals surface area contributed by atoms with Crippen LogP contribution in [0.5, 0.6) is 11.5 Å². The number of aliphatic hydroxyl groups excluding tert-OH is 7. The van der Waals surface area contributed by atoms with Gasteiger partial charge in [0.1, 0.15) is 0 Å². The Balaban J connectivity index is -0.000000620. The van der Waals surface area contributed by atoms with E-state index in [1.807, 2.05) is 18.2 Å². The zero-order chi connectivity index (χ0) is 34.6. The average Bonchev–Trinajstić information content (AvgIpc) is 3.79. The molecule has 0 saturated heterocycles. The molecule has 2 unspecified atom stereocenters. The lowest BCUT2D eigenvalue weighted by Gasteiger charge is -2.12. The highest BCUT2D eigenvalue weighted by Gasteiger charge is 2.16. The minimum atomic E-state index is -0.743. The Labute approximate surface area is 270 Å². The van der Waals surface area contributed by atoms with Gasteiger partial charge in [0, 0.05) is 28.3 Å². The molecule has 0 spiro atoms. The van der Waals surface area contributed by atoms with E-state index in [-0.39, 0.29) is 51.5 Å². The molecule has 45 heavy (non-hydrogen) atoms. The summed E-state index contributed by atoms with van der Waals surface area (Å²) in [5.74, 6) is 2.83. The number of carbonyl (C=O) groups excluding carboxylic acids is 1. The van der Waals surface area contributed by atoms with Crippen LogP contribution in [0.25, 0.3) is 0 Å². The third-order valence-corrected chi connectivity index (χ3v) is 6.95. The van der Waals surface area contributed by atoms with Crippen molar-refractivity contribution in [3.8, 4) is 11.5 Å². The van der Waals surface area contributed by atoms with Crippen LogP contribution in [0.3, 0.4) is 0 Å². The number of aldehydes is 1. The monoisotopic (exact) mass is 667 g/mol. The first-order valence-electron chi connectivity index (χ1n) is 15.0. The van der Waals surface area contributed by atoms with Crippen LogP contribution in [0.15, 0.2) is 41.0 Å². The minimum absolute atomic E-state index is 0.0972. The van der Waals surface area contributed by atoms with Crippen LogP contribution < -0.4 is 15.2 Å². The molecule has 1 aromatic heterocycles. The second kappa shape index (κ2) is 37.8. The molecule has 2 aromatic rings. The van der Waals surface area contributed by atoms with Gasteiger partial charge < -0.3 is 55.4 Å². The van der Waals surface area contributed by atoms with Gasteiger partial charge in [0.25, 0.3) is 0 Å². The Morgan fingerprint density at radius 1 is 0.822 bits per heavy atom. The summed E-state index contributed by atoms with van der Waals surface area (Å²) in [7, 11) is -0.743. The molecule has 14 heteroatoms. The molecule has 0 aliphatic carbocycles. The second-order valence-electron chi connectivity index (χ2n) is 9.04. The number of aliphatic hydroxyl groups is 7. The fourth-order valence-electron chi connectivity index (χ4n) is 3.08. The van der Waals surface area contributed by atoms with Crippen LogP contribution in [-0.4, -0.2) is 117 Å². The number of ether oxygens (including phenoxy) is 2. The number of nitrogens with two attached hydrogens (primary N) is 1. The van der Waals surface area contributed by atoms with E-state index in [4.69, 9.17) is 51.0 Å². The predicted molar refractivity (Wildman–Crippen MR) is 175 cm³/mol. The molecule has 0 amide bonds. The van der Waals surface area contributed by atoms with Crippen molar-refractivity contribution in [3.05, 3.63) is 47.9 Å². The lowest BCUT2D eigenvalue weighted by Crippen LogP contribution is -2.16. The Bertz CT molecular complexity index is 863. The Kier molecular flexibility index (Phi) is 39.5. The topological polar surface area (TPSA) is 233 Å². The van der Waals surface area contributed by atoms with Gasteiger partial charge in [-0.2, -0.15) is 0 Å². The van der Waals surface area contributed by atoms with E-state index in [1.165, 1.54) is 43.9 Å². The molecule has 1 aliphatic heterocycles. The third-order valence-electron chi connectivity index (χ3n) is 5.20. The predicted octanol–water partition coefficient (Wildman–Crippen LogP) is 1.40. The SMILES string of the molecule is CCCCCCCCS(=O)C(C)Cc1ccc2c(c1)OCO2.NCCO.O=Cc1ccco1.OCCO.OCCO.OCCO. The van der Waals surface area contributed by atoms with Crippen molar-refractivity contribution >= 4 is 17.1 Å². The quantitative estimate of drug-likeness (QED) is 0.0992. The number of hydrogen-bond donors (Lipinski definition) is 8. The molecule has 0 bridgehead atoms. The van der Waals surface area contributed by atoms with Crippen molar-refractivity contribution in [1.82, 2.24) is 0 Å². The number of furan rings is 1. The number of carbonyl (C=O) groups is 1. The summed E-state index contributed by atoms with van der Waals surface area (Å²) in [4.78, 5) is 9.77. The van der Waals surface area contributed by atoms with Crippen LogP contribution in [0, 0.1) is 0 Å². The minimum Gasteiger partial charge on any atom is -0.462 e. The molecule has 9 N–H and O–H groups in total. The first-order valence-corrected chi connectivity index (χ1v) is 16.4. The zero-order valence-corrected chi connectivity index (χ0v) is 27.6. The highest BCUT2D eigenvalue weighted by Crippen LogP contribution is 2.33. The molecular formula is C31H57NO12S. The van der Waals surface area contributed by atoms with Gasteiger partial charge in [0.2, 0.25) is 6.79 Å². The molecule has 0 saturated carbocycles. The van der Waals surface area contributed by atoms with Gasteiger partial charge >= 0.3 is 0 Å². The van der Waals surface area contributed by atoms with Gasteiger partial charge in [-0.15, -0.1) is 0 Å². The van der Waals surface area contributed by atoms with E-state index in [0.29, 0.717) is 25.4 Å². The van der Waals surface area contributed by atoms with Gasteiger partial charge in [-0.3, -0.25) is 9.00 Å². The maximum absolute atomic E-state index is 12.3.